The molecular formula is C25H29N5O. The Balaban J connectivity index is 1.32. The minimum absolute atomic E-state index is 0.0436. The van der Waals surface area contributed by atoms with E-state index >= 15 is 0 Å². The van der Waals surface area contributed by atoms with Gasteiger partial charge in [-0.15, -0.1) is 0 Å². The fourth-order valence-electron chi connectivity index (χ4n) is 4.03. The molecule has 6 heteroatoms. The van der Waals surface area contributed by atoms with Gasteiger partial charge in [-0.25, -0.2) is 9.97 Å². The molecule has 4 rings (SSSR count). The number of piperidine rings is 1. The number of aromatic nitrogens is 2. The number of anilines is 3. The molecule has 1 saturated heterocycles. The average molecular weight is 416 g/mol. The van der Waals surface area contributed by atoms with Gasteiger partial charge in [0.1, 0.15) is 11.6 Å². The van der Waals surface area contributed by atoms with Crippen molar-refractivity contribution in [3.05, 3.63) is 77.6 Å². The fraction of sp³-hybridized carbons (Fsp3) is 0.320. The Morgan fingerprint density at radius 3 is 2.55 bits per heavy atom. The summed E-state index contributed by atoms with van der Waals surface area (Å²) in [5.74, 6) is 2.13. The predicted molar refractivity (Wildman–Crippen MR) is 124 cm³/mol. The highest BCUT2D eigenvalue weighted by molar-refractivity contribution is 5.88. The van der Waals surface area contributed by atoms with Crippen molar-refractivity contribution in [3.63, 3.8) is 0 Å². The van der Waals surface area contributed by atoms with Gasteiger partial charge in [0.25, 0.3) is 0 Å². The van der Waals surface area contributed by atoms with Crippen LogP contribution in [0.2, 0.25) is 0 Å². The Morgan fingerprint density at radius 1 is 1.06 bits per heavy atom. The maximum atomic E-state index is 11.2. The number of hydrogen-bond acceptors (Lipinski definition) is 5. The first kappa shape index (κ1) is 21.0. The molecule has 1 fully saturated rings. The first-order chi connectivity index (χ1) is 15.1. The zero-order valence-corrected chi connectivity index (χ0v) is 18.1. The third-order valence-electron chi connectivity index (χ3n) is 5.71. The first-order valence-electron chi connectivity index (χ1n) is 10.8. The molecule has 2 aromatic heterocycles. The largest absolute Gasteiger partial charge is 0.326 e. The summed E-state index contributed by atoms with van der Waals surface area (Å²) in [5.41, 5.74) is 4.36. The molecule has 0 aliphatic carbocycles. The molecule has 6 nitrogen and oxygen atoms in total. The predicted octanol–water partition coefficient (Wildman–Crippen LogP) is 4.87. The first-order valence-corrected chi connectivity index (χ1v) is 10.8. The number of hydrogen-bond donors (Lipinski definition) is 2. The molecule has 3 aromatic rings. The van der Waals surface area contributed by atoms with Gasteiger partial charge in [0.15, 0.2) is 0 Å². The SMILES string of the molecule is CC(=O)Nc1ccc(CN2CCC(c3cccc(Nc4ncccc4C)n3)CC2)cc1. The van der Waals surface area contributed by atoms with Crippen molar-refractivity contribution < 1.29 is 4.79 Å². The molecule has 31 heavy (non-hydrogen) atoms. The zero-order chi connectivity index (χ0) is 21.6. The van der Waals surface area contributed by atoms with Gasteiger partial charge in [-0.05, 0) is 74.3 Å². The van der Waals surface area contributed by atoms with Gasteiger partial charge in [0.05, 0.1) is 0 Å². The quantitative estimate of drug-likeness (QED) is 0.601. The smallest absolute Gasteiger partial charge is 0.221 e. The minimum Gasteiger partial charge on any atom is -0.326 e. The molecule has 1 aliphatic rings. The van der Waals surface area contributed by atoms with E-state index in [-0.39, 0.29) is 5.91 Å². The van der Waals surface area contributed by atoms with Crippen LogP contribution in [0, 0.1) is 6.92 Å². The zero-order valence-electron chi connectivity index (χ0n) is 18.1. The van der Waals surface area contributed by atoms with Crippen LogP contribution < -0.4 is 10.6 Å². The number of amides is 1. The molecular weight excluding hydrogens is 386 g/mol. The highest BCUT2D eigenvalue weighted by Crippen LogP contribution is 2.29. The Hall–Kier alpha value is -3.25. The maximum Gasteiger partial charge on any atom is 0.221 e. The van der Waals surface area contributed by atoms with E-state index in [2.05, 4.69) is 44.8 Å². The molecule has 0 atom stereocenters. The number of nitrogens with one attached hydrogen (secondary N) is 2. The number of pyridine rings is 2. The summed E-state index contributed by atoms with van der Waals surface area (Å²) >= 11 is 0. The summed E-state index contributed by atoms with van der Waals surface area (Å²) < 4.78 is 0. The van der Waals surface area contributed by atoms with Crippen LogP contribution in [-0.4, -0.2) is 33.9 Å². The van der Waals surface area contributed by atoms with E-state index in [9.17, 15) is 4.79 Å². The van der Waals surface area contributed by atoms with Crippen molar-refractivity contribution in [2.45, 2.75) is 39.2 Å². The van der Waals surface area contributed by atoms with Crippen LogP contribution in [0.15, 0.2) is 60.8 Å². The summed E-state index contributed by atoms with van der Waals surface area (Å²) in [4.78, 5) is 22.9. The van der Waals surface area contributed by atoms with Crippen molar-refractivity contribution in [2.75, 3.05) is 23.7 Å². The van der Waals surface area contributed by atoms with Crippen molar-refractivity contribution in [1.82, 2.24) is 14.9 Å². The second-order valence-corrected chi connectivity index (χ2v) is 8.17. The van der Waals surface area contributed by atoms with E-state index in [1.54, 1.807) is 6.20 Å². The number of rotatable bonds is 6. The standard InChI is InChI=1S/C25H29N5O/c1-18-5-4-14-26-25(18)29-24-7-3-6-23(28-24)21-12-15-30(16-13-21)17-20-8-10-22(11-9-20)27-19(2)31/h3-11,14,21H,12-13,15-17H2,1-2H3,(H,27,31)(H,26,28,29). The van der Waals surface area contributed by atoms with Crippen LogP contribution in [0.1, 0.15) is 42.5 Å². The molecule has 0 spiro atoms. The normalized spacial score (nSPS) is 14.9. The molecule has 0 radical (unpaired) electrons. The van der Waals surface area contributed by atoms with Gasteiger partial charge in [0, 0.05) is 37.0 Å². The lowest BCUT2D eigenvalue weighted by molar-refractivity contribution is -0.114. The third kappa shape index (κ3) is 5.67. The summed E-state index contributed by atoms with van der Waals surface area (Å²) in [5, 5.41) is 6.16. The molecule has 1 aliphatic heterocycles. The summed E-state index contributed by atoms with van der Waals surface area (Å²) in [7, 11) is 0. The van der Waals surface area contributed by atoms with E-state index in [0.717, 1.165) is 61.1 Å². The van der Waals surface area contributed by atoms with E-state index in [0.29, 0.717) is 5.92 Å². The molecule has 2 N–H and O–H groups in total. The summed E-state index contributed by atoms with van der Waals surface area (Å²) in [6.45, 7) is 6.61. The number of carbonyl (C=O) groups excluding carboxylic acids is 1. The topological polar surface area (TPSA) is 70.2 Å². The number of benzene rings is 1. The van der Waals surface area contributed by atoms with Crippen LogP contribution >= 0.6 is 0 Å². The van der Waals surface area contributed by atoms with Crippen molar-refractivity contribution >= 4 is 23.2 Å². The number of aryl methyl sites for hydroxylation is 1. The molecule has 1 amide bonds. The van der Waals surface area contributed by atoms with Crippen molar-refractivity contribution in [1.29, 1.82) is 0 Å². The number of likely N-dealkylation sites (tertiary alicyclic amines) is 1. The average Bonchev–Trinajstić information content (AvgIpc) is 2.77. The number of nitrogens with zero attached hydrogens (tertiary/aromatic N) is 3. The van der Waals surface area contributed by atoms with Gasteiger partial charge < -0.3 is 10.6 Å². The lowest BCUT2D eigenvalue weighted by Crippen LogP contribution is -2.32. The van der Waals surface area contributed by atoms with E-state index in [1.807, 2.05) is 37.3 Å². The Bertz CT molecular complexity index is 1030. The van der Waals surface area contributed by atoms with Gasteiger partial charge in [-0.3, -0.25) is 9.69 Å². The Labute approximate surface area is 183 Å². The van der Waals surface area contributed by atoms with E-state index < -0.39 is 0 Å². The van der Waals surface area contributed by atoms with Gasteiger partial charge >= 0.3 is 0 Å². The number of carbonyl (C=O) groups is 1. The van der Waals surface area contributed by atoms with Crippen LogP contribution in [0.25, 0.3) is 0 Å². The molecule has 1 aromatic carbocycles. The van der Waals surface area contributed by atoms with Crippen molar-refractivity contribution in [2.24, 2.45) is 0 Å². The van der Waals surface area contributed by atoms with Crippen molar-refractivity contribution in [3.8, 4) is 0 Å². The molecule has 0 unspecified atom stereocenters. The molecule has 0 bridgehead atoms. The Morgan fingerprint density at radius 2 is 1.84 bits per heavy atom. The second-order valence-electron chi connectivity index (χ2n) is 8.17. The molecule has 3 heterocycles. The van der Waals surface area contributed by atoms with E-state index in [1.165, 1.54) is 12.5 Å². The van der Waals surface area contributed by atoms with Gasteiger partial charge in [-0.1, -0.05) is 24.3 Å². The highest BCUT2D eigenvalue weighted by atomic mass is 16.1. The summed E-state index contributed by atoms with van der Waals surface area (Å²) in [6.07, 6.45) is 3.99. The van der Waals surface area contributed by atoms with Crippen LogP contribution in [-0.2, 0) is 11.3 Å². The molecule has 160 valence electrons. The van der Waals surface area contributed by atoms with Gasteiger partial charge in [0.2, 0.25) is 5.91 Å². The maximum absolute atomic E-state index is 11.2. The lowest BCUT2D eigenvalue weighted by Gasteiger charge is -2.31. The summed E-state index contributed by atoms with van der Waals surface area (Å²) in [6, 6.07) is 18.3. The van der Waals surface area contributed by atoms with Crippen LogP contribution in [0.5, 0.6) is 0 Å². The monoisotopic (exact) mass is 415 g/mol. The van der Waals surface area contributed by atoms with Gasteiger partial charge in [-0.2, -0.15) is 0 Å². The van der Waals surface area contributed by atoms with Crippen LogP contribution in [0.4, 0.5) is 17.3 Å². The molecule has 0 saturated carbocycles. The fourth-order valence-corrected chi connectivity index (χ4v) is 4.03. The van der Waals surface area contributed by atoms with E-state index in [4.69, 9.17) is 4.98 Å². The van der Waals surface area contributed by atoms with Crippen LogP contribution in [0.3, 0.4) is 0 Å². The third-order valence-corrected chi connectivity index (χ3v) is 5.71. The highest BCUT2D eigenvalue weighted by Gasteiger charge is 2.22. The second kappa shape index (κ2) is 9.71. The lowest BCUT2D eigenvalue weighted by atomic mass is 9.93. The Kier molecular flexibility index (Phi) is 6.57. The minimum atomic E-state index is -0.0436.